The van der Waals surface area contributed by atoms with Crippen molar-refractivity contribution in [2.75, 3.05) is 49.9 Å². The van der Waals surface area contributed by atoms with E-state index in [1.807, 2.05) is 4.90 Å². The van der Waals surface area contributed by atoms with Crippen molar-refractivity contribution in [3.05, 3.63) is 59.6 Å². The highest BCUT2D eigenvalue weighted by Crippen LogP contribution is 2.27. The van der Waals surface area contributed by atoms with E-state index in [0.717, 1.165) is 0 Å². The van der Waals surface area contributed by atoms with Crippen LogP contribution in [-0.2, 0) is 4.79 Å². The summed E-state index contributed by atoms with van der Waals surface area (Å²) in [6.07, 6.45) is -1.03. The number of amides is 1. The minimum atomic E-state index is -4.21. The van der Waals surface area contributed by atoms with Crippen molar-refractivity contribution >= 4 is 34.7 Å². The summed E-state index contributed by atoms with van der Waals surface area (Å²) in [4.78, 5) is 19.9. The van der Waals surface area contributed by atoms with Crippen LogP contribution in [0.2, 0.25) is 5.02 Å². The smallest absolute Gasteiger partial charge is 0.354 e. The first-order chi connectivity index (χ1) is 17.6. The summed E-state index contributed by atoms with van der Waals surface area (Å²) in [5.41, 5.74) is 1.66. The third-order valence-corrected chi connectivity index (χ3v) is 5.93. The fourth-order valence-electron chi connectivity index (χ4n) is 3.89. The predicted octanol–water partition coefficient (Wildman–Crippen LogP) is 4.58. The molecule has 196 valence electrons. The quantitative estimate of drug-likeness (QED) is 0.407. The summed E-state index contributed by atoms with van der Waals surface area (Å²) < 4.78 is 51.8. The fraction of sp³-hybridized carbons (Fsp3) is 0.333. The van der Waals surface area contributed by atoms with Crippen LogP contribution in [0.5, 0.6) is 0 Å². The lowest BCUT2D eigenvalue weighted by molar-refractivity contribution is -0.149. The third kappa shape index (κ3) is 8.07. The molecule has 2 N–H and O–H groups in total. The van der Waals surface area contributed by atoms with Crippen LogP contribution in [0.3, 0.4) is 0 Å². The van der Waals surface area contributed by atoms with Crippen molar-refractivity contribution in [1.29, 1.82) is 0 Å². The van der Waals surface area contributed by atoms with E-state index in [1.165, 1.54) is 35.5 Å². The molecule has 37 heavy (non-hydrogen) atoms. The molecule has 0 radical (unpaired) electrons. The highest BCUT2D eigenvalue weighted by molar-refractivity contribution is 6.30. The molecule has 0 aliphatic carbocycles. The lowest BCUT2D eigenvalue weighted by atomic mass is 10.1. The molecule has 8 nitrogen and oxygen atoms in total. The first-order valence-corrected chi connectivity index (χ1v) is 11.8. The standard InChI is InChI=1S/C24H24ClF4N7O/c25-16-1-2-20(26)19(11-16)21-12-18(14-31-34-21)32-17-3-5-30-22(13-17)33-23(37)4-6-35-7-9-36(10-8-35)15-24(27,28)29/h1-3,5,11-14H,4,6-10,15H2,(H2,30,32,33,34,37). The number of hydrogen-bond acceptors (Lipinski definition) is 7. The van der Waals surface area contributed by atoms with Crippen molar-refractivity contribution in [1.82, 2.24) is 25.0 Å². The Kier molecular flexibility index (Phi) is 8.52. The Morgan fingerprint density at radius 3 is 2.54 bits per heavy atom. The Morgan fingerprint density at radius 2 is 1.78 bits per heavy atom. The molecular weight excluding hydrogens is 514 g/mol. The number of alkyl halides is 3. The maximum Gasteiger partial charge on any atom is 0.401 e. The normalized spacial score (nSPS) is 14.9. The summed E-state index contributed by atoms with van der Waals surface area (Å²) in [7, 11) is 0. The number of nitrogens with zero attached hydrogens (tertiary/aromatic N) is 5. The molecule has 0 atom stereocenters. The third-order valence-electron chi connectivity index (χ3n) is 5.70. The summed E-state index contributed by atoms with van der Waals surface area (Å²) in [5, 5.41) is 14.1. The number of halogens is 5. The van der Waals surface area contributed by atoms with Gasteiger partial charge in [0.25, 0.3) is 0 Å². The number of piperazine rings is 1. The molecule has 1 aliphatic rings. The lowest BCUT2D eigenvalue weighted by Gasteiger charge is -2.34. The molecule has 0 spiro atoms. The molecule has 1 amide bonds. The van der Waals surface area contributed by atoms with Gasteiger partial charge in [0.05, 0.1) is 24.1 Å². The Balaban J connectivity index is 1.29. The number of anilines is 3. The molecule has 13 heteroatoms. The molecule has 3 heterocycles. The fourth-order valence-corrected chi connectivity index (χ4v) is 4.07. The van der Waals surface area contributed by atoms with Crippen molar-refractivity contribution in [3.8, 4) is 11.3 Å². The molecule has 1 saturated heterocycles. The molecular formula is C24H24ClF4N7O. The average molecular weight is 538 g/mol. The van der Waals surface area contributed by atoms with Crippen molar-refractivity contribution < 1.29 is 22.4 Å². The lowest BCUT2D eigenvalue weighted by Crippen LogP contribution is -2.49. The van der Waals surface area contributed by atoms with Crippen LogP contribution in [0.1, 0.15) is 6.42 Å². The zero-order chi connectivity index (χ0) is 26.4. The minimum Gasteiger partial charge on any atom is -0.354 e. The van der Waals surface area contributed by atoms with Crippen LogP contribution < -0.4 is 10.6 Å². The van der Waals surface area contributed by atoms with Crippen LogP contribution in [0, 0.1) is 5.82 Å². The van der Waals surface area contributed by atoms with Gasteiger partial charge in [0.1, 0.15) is 11.6 Å². The van der Waals surface area contributed by atoms with Crippen LogP contribution >= 0.6 is 11.6 Å². The number of benzene rings is 1. The van der Waals surface area contributed by atoms with E-state index in [4.69, 9.17) is 11.6 Å². The van der Waals surface area contributed by atoms with Gasteiger partial charge in [-0.05, 0) is 30.3 Å². The monoisotopic (exact) mass is 537 g/mol. The van der Waals surface area contributed by atoms with Gasteiger partial charge in [-0.2, -0.15) is 23.4 Å². The molecule has 3 aromatic rings. The van der Waals surface area contributed by atoms with E-state index >= 15 is 0 Å². The van der Waals surface area contributed by atoms with Gasteiger partial charge >= 0.3 is 6.18 Å². The molecule has 0 saturated carbocycles. The van der Waals surface area contributed by atoms with Gasteiger partial charge in [-0.3, -0.25) is 9.69 Å². The van der Waals surface area contributed by atoms with Gasteiger partial charge in [-0.15, -0.1) is 0 Å². The molecule has 0 bridgehead atoms. The number of hydrogen-bond donors (Lipinski definition) is 2. The molecule has 2 aromatic heterocycles. The van der Waals surface area contributed by atoms with Gasteiger partial charge in [0.2, 0.25) is 5.91 Å². The number of pyridine rings is 1. The Hall–Kier alpha value is -3.35. The zero-order valence-electron chi connectivity index (χ0n) is 19.6. The topological polar surface area (TPSA) is 86.3 Å². The van der Waals surface area contributed by atoms with E-state index < -0.39 is 18.5 Å². The van der Waals surface area contributed by atoms with E-state index in [-0.39, 0.29) is 17.9 Å². The second kappa shape index (κ2) is 11.8. The minimum absolute atomic E-state index is 0.182. The maximum atomic E-state index is 14.2. The van der Waals surface area contributed by atoms with Crippen LogP contribution in [0.25, 0.3) is 11.3 Å². The molecule has 0 unspecified atom stereocenters. The largest absolute Gasteiger partial charge is 0.401 e. The van der Waals surface area contributed by atoms with Gasteiger partial charge < -0.3 is 15.5 Å². The molecule has 4 rings (SSSR count). The Labute approximate surface area is 215 Å². The number of aromatic nitrogens is 3. The first-order valence-electron chi connectivity index (χ1n) is 11.5. The van der Waals surface area contributed by atoms with Crippen LogP contribution in [-0.4, -0.2) is 76.3 Å². The van der Waals surface area contributed by atoms with Crippen LogP contribution in [0.4, 0.5) is 34.8 Å². The van der Waals surface area contributed by atoms with Crippen molar-refractivity contribution in [2.24, 2.45) is 0 Å². The zero-order valence-corrected chi connectivity index (χ0v) is 20.4. The van der Waals surface area contributed by atoms with Gasteiger partial charge in [0, 0.05) is 67.7 Å². The second-order valence-corrected chi connectivity index (χ2v) is 8.98. The van der Waals surface area contributed by atoms with E-state index in [9.17, 15) is 22.4 Å². The second-order valence-electron chi connectivity index (χ2n) is 8.54. The summed E-state index contributed by atoms with van der Waals surface area (Å²) in [5.74, 6) is -0.410. The number of nitrogens with one attached hydrogen (secondary N) is 2. The summed E-state index contributed by atoms with van der Waals surface area (Å²) >= 11 is 5.97. The van der Waals surface area contributed by atoms with E-state index in [2.05, 4.69) is 25.8 Å². The highest BCUT2D eigenvalue weighted by Gasteiger charge is 2.32. The van der Waals surface area contributed by atoms with Gasteiger partial charge in [-0.1, -0.05) is 11.6 Å². The predicted molar refractivity (Wildman–Crippen MR) is 132 cm³/mol. The average Bonchev–Trinajstić information content (AvgIpc) is 2.84. The van der Waals surface area contributed by atoms with Crippen molar-refractivity contribution in [2.45, 2.75) is 12.6 Å². The SMILES string of the molecule is O=C(CCN1CCN(CC(F)(F)F)CC1)Nc1cc(Nc2cnnc(-c3cc(Cl)ccc3F)c2)ccn1. The van der Waals surface area contributed by atoms with Crippen molar-refractivity contribution in [3.63, 3.8) is 0 Å². The number of carbonyl (C=O) groups is 1. The first kappa shape index (κ1) is 26.7. The van der Waals surface area contributed by atoms with Crippen LogP contribution in [0.15, 0.2) is 48.8 Å². The molecule has 1 aliphatic heterocycles. The maximum absolute atomic E-state index is 14.2. The van der Waals surface area contributed by atoms with E-state index in [0.29, 0.717) is 60.6 Å². The van der Waals surface area contributed by atoms with Gasteiger partial charge in [-0.25, -0.2) is 9.37 Å². The summed E-state index contributed by atoms with van der Waals surface area (Å²) in [6.45, 7) is 1.10. The van der Waals surface area contributed by atoms with E-state index in [1.54, 1.807) is 18.2 Å². The molecule has 1 aromatic carbocycles. The molecule has 1 fully saturated rings. The number of rotatable bonds is 8. The summed E-state index contributed by atoms with van der Waals surface area (Å²) in [6, 6.07) is 9.11. The number of carbonyl (C=O) groups excluding carboxylic acids is 1. The Bertz CT molecular complexity index is 1240. The Morgan fingerprint density at radius 1 is 1.03 bits per heavy atom. The highest BCUT2D eigenvalue weighted by atomic mass is 35.5. The van der Waals surface area contributed by atoms with Gasteiger partial charge in [0.15, 0.2) is 0 Å².